The lowest BCUT2D eigenvalue weighted by Gasteiger charge is -2.45. The van der Waals surface area contributed by atoms with Crippen molar-refractivity contribution in [2.45, 2.75) is 56.8 Å². The molecular weight excluding hydrogens is 236 g/mol. The second-order valence-corrected chi connectivity index (χ2v) is 5.99. The van der Waals surface area contributed by atoms with Gasteiger partial charge in [0.15, 0.2) is 0 Å². The highest BCUT2D eigenvalue weighted by molar-refractivity contribution is 5.76. The zero-order valence-corrected chi connectivity index (χ0v) is 10.4. The number of carbonyl (C=O) groups is 2. The number of rotatable bonds is 2. The van der Waals surface area contributed by atoms with E-state index < -0.39 is 17.7 Å². The molecule has 4 fully saturated rings. The van der Waals surface area contributed by atoms with Gasteiger partial charge in [0.05, 0.1) is 5.92 Å². The van der Waals surface area contributed by atoms with Crippen LogP contribution in [0.1, 0.15) is 39.0 Å². The first-order valence-corrected chi connectivity index (χ1v) is 6.59. The smallest absolute Gasteiger partial charge is 0.335 e. The maximum absolute atomic E-state index is 11.8. The van der Waals surface area contributed by atoms with Gasteiger partial charge in [-0.15, -0.1) is 0 Å². The van der Waals surface area contributed by atoms with Crippen LogP contribution < -0.4 is 0 Å². The zero-order valence-electron chi connectivity index (χ0n) is 10.4. The Morgan fingerprint density at radius 3 is 2.94 bits per heavy atom. The Bertz CT molecular complexity index is 391. The van der Waals surface area contributed by atoms with E-state index in [2.05, 4.69) is 0 Å². The maximum atomic E-state index is 11.8. The second-order valence-electron chi connectivity index (χ2n) is 5.99. The van der Waals surface area contributed by atoms with Crippen molar-refractivity contribution in [2.75, 3.05) is 0 Å². The molecule has 5 atom stereocenters. The number of hydrogen-bond donors (Lipinski definition) is 1. The molecule has 0 aromatic rings. The normalized spacial score (nSPS) is 43.2. The van der Waals surface area contributed by atoms with E-state index in [0.717, 1.165) is 19.3 Å². The third-order valence-electron chi connectivity index (χ3n) is 4.37. The molecule has 5 unspecified atom stereocenters. The SMILES string of the molecule is CC(O)C(=O)OC12CC3CC(C1)OC(=O)C(C3)C2. The number of esters is 2. The molecule has 0 spiro atoms. The summed E-state index contributed by atoms with van der Waals surface area (Å²) in [5.74, 6) is -0.477. The van der Waals surface area contributed by atoms with E-state index >= 15 is 0 Å². The largest absolute Gasteiger partial charge is 0.462 e. The molecule has 0 aromatic carbocycles. The fraction of sp³-hybridized carbons (Fsp3) is 0.846. The molecule has 4 rings (SSSR count). The molecule has 2 heterocycles. The lowest BCUT2D eigenvalue weighted by Crippen LogP contribution is -2.49. The van der Waals surface area contributed by atoms with Crippen LogP contribution in [-0.4, -0.2) is 34.9 Å². The number of carbonyl (C=O) groups excluding carboxylic acids is 2. The van der Waals surface area contributed by atoms with Crippen molar-refractivity contribution >= 4 is 11.9 Å². The van der Waals surface area contributed by atoms with Crippen LogP contribution in [0, 0.1) is 11.8 Å². The summed E-state index contributed by atoms with van der Waals surface area (Å²) >= 11 is 0. The lowest BCUT2D eigenvalue weighted by molar-refractivity contribution is -0.182. The summed E-state index contributed by atoms with van der Waals surface area (Å²) in [5, 5.41) is 9.27. The molecular formula is C13H18O5. The molecule has 5 heteroatoms. The lowest BCUT2D eigenvalue weighted by atomic mass is 9.65. The Morgan fingerprint density at radius 2 is 2.22 bits per heavy atom. The highest BCUT2D eigenvalue weighted by Gasteiger charge is 2.54. The second kappa shape index (κ2) is 3.95. The van der Waals surface area contributed by atoms with Crippen LogP contribution in [0.25, 0.3) is 0 Å². The van der Waals surface area contributed by atoms with Gasteiger partial charge in [0.2, 0.25) is 0 Å². The van der Waals surface area contributed by atoms with Gasteiger partial charge in [-0.1, -0.05) is 0 Å². The first-order valence-electron chi connectivity index (χ1n) is 6.59. The molecule has 1 N–H and O–H groups in total. The molecule has 0 aromatic heterocycles. The fourth-order valence-corrected chi connectivity index (χ4v) is 3.80. The van der Waals surface area contributed by atoms with Crippen molar-refractivity contribution < 1.29 is 24.2 Å². The Morgan fingerprint density at radius 1 is 1.44 bits per heavy atom. The molecule has 2 saturated carbocycles. The summed E-state index contributed by atoms with van der Waals surface area (Å²) in [4.78, 5) is 23.4. The van der Waals surface area contributed by atoms with Gasteiger partial charge in [-0.2, -0.15) is 0 Å². The Kier molecular flexibility index (Phi) is 2.62. The van der Waals surface area contributed by atoms with Crippen LogP contribution in [0.3, 0.4) is 0 Å². The van der Waals surface area contributed by atoms with Crippen molar-refractivity contribution in [3.8, 4) is 0 Å². The number of fused-ring (bicyclic) bond motifs is 1. The molecule has 18 heavy (non-hydrogen) atoms. The highest BCUT2D eigenvalue weighted by atomic mass is 16.6. The minimum absolute atomic E-state index is 0.120. The molecule has 0 amide bonds. The average Bonchev–Trinajstić information content (AvgIpc) is 2.41. The van der Waals surface area contributed by atoms with E-state index in [4.69, 9.17) is 9.47 Å². The molecule has 2 aliphatic carbocycles. The topological polar surface area (TPSA) is 72.8 Å². The average molecular weight is 254 g/mol. The van der Waals surface area contributed by atoms with E-state index in [9.17, 15) is 14.7 Å². The van der Waals surface area contributed by atoms with Crippen molar-refractivity contribution in [1.82, 2.24) is 0 Å². The first-order chi connectivity index (χ1) is 8.47. The van der Waals surface area contributed by atoms with Crippen LogP contribution in [0.2, 0.25) is 0 Å². The molecule has 2 saturated heterocycles. The summed E-state index contributed by atoms with van der Waals surface area (Å²) in [6, 6.07) is 0. The van der Waals surface area contributed by atoms with Gasteiger partial charge in [-0.05, 0) is 32.1 Å². The molecule has 4 aliphatic rings. The predicted octanol–water partition coefficient (Wildman–Crippen LogP) is 0.785. The Balaban J connectivity index is 1.84. The summed E-state index contributed by atoms with van der Waals surface area (Å²) in [5.41, 5.74) is -0.587. The van der Waals surface area contributed by atoms with E-state index in [1.54, 1.807) is 0 Å². The van der Waals surface area contributed by atoms with Gasteiger partial charge in [0, 0.05) is 12.8 Å². The maximum Gasteiger partial charge on any atom is 0.335 e. The molecule has 0 radical (unpaired) electrons. The summed E-state index contributed by atoms with van der Waals surface area (Å²) in [6.45, 7) is 1.40. The quantitative estimate of drug-likeness (QED) is 0.737. The van der Waals surface area contributed by atoms with Crippen LogP contribution in [0.5, 0.6) is 0 Å². The van der Waals surface area contributed by atoms with Crippen molar-refractivity contribution in [3.05, 3.63) is 0 Å². The summed E-state index contributed by atoms with van der Waals surface area (Å²) in [6.07, 6.45) is 2.44. The number of hydrogen-bond acceptors (Lipinski definition) is 5. The van der Waals surface area contributed by atoms with Gasteiger partial charge in [0.1, 0.15) is 17.8 Å². The Hall–Kier alpha value is -1.10. The molecule has 2 aliphatic heterocycles. The first kappa shape index (κ1) is 12.0. The van der Waals surface area contributed by atoms with Crippen LogP contribution in [-0.2, 0) is 19.1 Å². The number of aliphatic hydroxyl groups excluding tert-OH is 1. The molecule has 5 nitrogen and oxygen atoms in total. The predicted molar refractivity (Wildman–Crippen MR) is 60.4 cm³/mol. The molecule has 100 valence electrons. The minimum Gasteiger partial charge on any atom is -0.462 e. The van der Waals surface area contributed by atoms with Gasteiger partial charge in [-0.3, -0.25) is 4.79 Å². The highest BCUT2D eigenvalue weighted by Crippen LogP contribution is 2.51. The Labute approximate surface area is 105 Å². The zero-order chi connectivity index (χ0) is 12.9. The summed E-state index contributed by atoms with van der Waals surface area (Å²) < 4.78 is 10.9. The van der Waals surface area contributed by atoms with E-state index in [0.29, 0.717) is 18.8 Å². The third kappa shape index (κ3) is 1.90. The number of ether oxygens (including phenoxy) is 2. The standard InChI is InChI=1S/C13H18O5/c1-7(14)11(15)18-13-4-8-2-9(5-13)12(16)17-10(3-8)6-13/h7-10,14H,2-6H2,1H3. The van der Waals surface area contributed by atoms with Crippen LogP contribution >= 0.6 is 0 Å². The fourth-order valence-electron chi connectivity index (χ4n) is 3.80. The monoisotopic (exact) mass is 254 g/mol. The van der Waals surface area contributed by atoms with Crippen molar-refractivity contribution in [3.63, 3.8) is 0 Å². The van der Waals surface area contributed by atoms with E-state index in [1.807, 2.05) is 0 Å². The van der Waals surface area contributed by atoms with Crippen LogP contribution in [0.15, 0.2) is 0 Å². The van der Waals surface area contributed by atoms with Gasteiger partial charge in [0.25, 0.3) is 0 Å². The summed E-state index contributed by atoms with van der Waals surface area (Å²) in [7, 11) is 0. The van der Waals surface area contributed by atoms with Crippen molar-refractivity contribution in [2.24, 2.45) is 11.8 Å². The van der Waals surface area contributed by atoms with Crippen molar-refractivity contribution in [1.29, 1.82) is 0 Å². The molecule has 4 bridgehead atoms. The van der Waals surface area contributed by atoms with Crippen LogP contribution in [0.4, 0.5) is 0 Å². The van der Waals surface area contributed by atoms with E-state index in [1.165, 1.54) is 6.92 Å². The van der Waals surface area contributed by atoms with Gasteiger partial charge < -0.3 is 14.6 Å². The minimum atomic E-state index is -1.11. The number of aliphatic hydroxyl groups is 1. The third-order valence-corrected chi connectivity index (χ3v) is 4.37. The van der Waals surface area contributed by atoms with Gasteiger partial charge in [-0.25, -0.2) is 4.79 Å². The van der Waals surface area contributed by atoms with E-state index in [-0.39, 0.29) is 18.0 Å². The van der Waals surface area contributed by atoms with Gasteiger partial charge >= 0.3 is 11.9 Å².